The van der Waals surface area contributed by atoms with E-state index in [9.17, 15) is 4.79 Å². The van der Waals surface area contributed by atoms with Crippen LogP contribution in [-0.4, -0.2) is 41.1 Å². The number of ketones is 1. The first-order valence-corrected chi connectivity index (χ1v) is 7.15. The van der Waals surface area contributed by atoms with Crippen LogP contribution < -0.4 is 0 Å². The van der Waals surface area contributed by atoms with Crippen LogP contribution in [0.5, 0.6) is 0 Å². The predicted octanol–water partition coefficient (Wildman–Crippen LogP) is 2.70. The molecule has 0 saturated heterocycles. The molecule has 102 valence electrons. The van der Waals surface area contributed by atoms with Crippen molar-refractivity contribution in [2.24, 2.45) is 0 Å². The fourth-order valence-electron chi connectivity index (χ4n) is 1.73. The summed E-state index contributed by atoms with van der Waals surface area (Å²) in [7, 11) is 3.96. The molecule has 0 saturated carbocycles. The van der Waals surface area contributed by atoms with Crippen LogP contribution in [0.25, 0.3) is 0 Å². The predicted molar refractivity (Wildman–Crippen MR) is 78.3 cm³/mol. The summed E-state index contributed by atoms with van der Waals surface area (Å²) in [6, 6.07) is 3.77. The van der Waals surface area contributed by atoms with Gasteiger partial charge in [0.1, 0.15) is 5.69 Å². The molecule has 2 aromatic rings. The summed E-state index contributed by atoms with van der Waals surface area (Å²) in [5.74, 6) is -0.0562. The van der Waals surface area contributed by atoms with Gasteiger partial charge in [-0.15, -0.1) is 11.3 Å². The summed E-state index contributed by atoms with van der Waals surface area (Å²) >= 11 is 7.57. The molecule has 2 heterocycles. The van der Waals surface area contributed by atoms with E-state index >= 15 is 0 Å². The van der Waals surface area contributed by atoms with Gasteiger partial charge in [0.2, 0.25) is 5.78 Å². The number of thiophene rings is 1. The van der Waals surface area contributed by atoms with E-state index in [1.807, 2.05) is 38.1 Å². The van der Waals surface area contributed by atoms with Crippen LogP contribution in [0.1, 0.15) is 20.2 Å². The highest BCUT2D eigenvalue weighted by molar-refractivity contribution is 7.14. The van der Waals surface area contributed by atoms with Crippen molar-refractivity contribution in [2.75, 3.05) is 20.6 Å². The lowest BCUT2D eigenvalue weighted by Gasteiger charge is -2.11. The molecule has 0 aliphatic heterocycles. The summed E-state index contributed by atoms with van der Waals surface area (Å²) in [6.45, 7) is 3.43. The smallest absolute Gasteiger partial charge is 0.222 e. The van der Waals surface area contributed by atoms with E-state index in [4.69, 9.17) is 11.6 Å². The number of likely N-dealkylation sites (N-methyl/N-ethyl adjacent to an activating group) is 1. The Kier molecular flexibility index (Phi) is 4.39. The molecule has 0 atom stereocenters. The van der Waals surface area contributed by atoms with E-state index in [0.717, 1.165) is 11.4 Å². The number of carbonyl (C=O) groups is 1. The zero-order valence-corrected chi connectivity index (χ0v) is 12.8. The van der Waals surface area contributed by atoms with E-state index in [2.05, 4.69) is 5.10 Å². The number of hydrogen-bond donors (Lipinski definition) is 0. The largest absolute Gasteiger partial charge is 0.308 e. The van der Waals surface area contributed by atoms with E-state index in [1.165, 1.54) is 17.5 Å². The topological polar surface area (TPSA) is 38.1 Å². The van der Waals surface area contributed by atoms with Gasteiger partial charge >= 0.3 is 0 Å². The van der Waals surface area contributed by atoms with Crippen LogP contribution >= 0.6 is 22.9 Å². The number of nitrogens with zero attached hydrogens (tertiary/aromatic N) is 3. The van der Waals surface area contributed by atoms with Gasteiger partial charge in [0.25, 0.3) is 0 Å². The second-order valence-electron chi connectivity index (χ2n) is 4.61. The van der Waals surface area contributed by atoms with Crippen molar-refractivity contribution in [3.05, 3.63) is 38.8 Å². The van der Waals surface area contributed by atoms with Crippen LogP contribution in [0, 0.1) is 6.92 Å². The van der Waals surface area contributed by atoms with Crippen molar-refractivity contribution in [2.45, 2.75) is 13.5 Å². The Hall–Kier alpha value is -1.17. The second kappa shape index (κ2) is 5.86. The van der Waals surface area contributed by atoms with Crippen molar-refractivity contribution >= 4 is 28.7 Å². The monoisotopic (exact) mass is 297 g/mol. The molecule has 0 aliphatic carbocycles. The fourth-order valence-corrected chi connectivity index (χ4v) is 2.76. The highest BCUT2D eigenvalue weighted by atomic mass is 35.5. The van der Waals surface area contributed by atoms with Crippen LogP contribution in [0.4, 0.5) is 0 Å². The van der Waals surface area contributed by atoms with Crippen molar-refractivity contribution in [3.63, 3.8) is 0 Å². The lowest BCUT2D eigenvalue weighted by Crippen LogP contribution is -2.21. The number of rotatable bonds is 5. The van der Waals surface area contributed by atoms with E-state index in [1.54, 1.807) is 4.68 Å². The van der Waals surface area contributed by atoms with Gasteiger partial charge in [-0.1, -0.05) is 11.6 Å². The molecule has 0 aliphatic rings. The van der Waals surface area contributed by atoms with Gasteiger partial charge < -0.3 is 4.90 Å². The van der Waals surface area contributed by atoms with Gasteiger partial charge in [0.15, 0.2) is 0 Å². The van der Waals surface area contributed by atoms with Crippen molar-refractivity contribution in [3.8, 4) is 0 Å². The molecule has 0 amide bonds. The Labute approximate surface area is 121 Å². The molecular weight excluding hydrogens is 282 g/mol. The molecular formula is C13H16ClN3OS. The lowest BCUT2D eigenvalue weighted by molar-refractivity contribution is 0.103. The Bertz CT molecular complexity index is 588. The third-order valence-electron chi connectivity index (χ3n) is 2.73. The number of carbonyl (C=O) groups excluding carboxylic acids is 1. The normalized spacial score (nSPS) is 11.2. The first kappa shape index (κ1) is 14.2. The number of aryl methyl sites for hydroxylation is 1. The third-order valence-corrected chi connectivity index (χ3v) is 4.01. The van der Waals surface area contributed by atoms with Crippen LogP contribution in [-0.2, 0) is 6.54 Å². The average Bonchev–Trinajstić information content (AvgIpc) is 2.92. The van der Waals surface area contributed by atoms with Crippen LogP contribution in [0.15, 0.2) is 18.3 Å². The summed E-state index contributed by atoms with van der Waals surface area (Å²) in [4.78, 5) is 16.3. The molecule has 2 rings (SSSR count). The number of halogens is 1. The maximum atomic E-state index is 12.5. The van der Waals surface area contributed by atoms with Gasteiger partial charge in [0.05, 0.1) is 22.6 Å². The molecule has 19 heavy (non-hydrogen) atoms. The number of aromatic nitrogens is 2. The van der Waals surface area contributed by atoms with Crippen LogP contribution in [0.2, 0.25) is 5.02 Å². The van der Waals surface area contributed by atoms with E-state index < -0.39 is 0 Å². The average molecular weight is 298 g/mol. The summed E-state index contributed by atoms with van der Waals surface area (Å²) in [5.41, 5.74) is 0.477. The summed E-state index contributed by atoms with van der Waals surface area (Å²) < 4.78 is 1.68. The molecule has 0 radical (unpaired) electrons. The maximum absolute atomic E-state index is 12.5. The van der Waals surface area contributed by atoms with Gasteiger partial charge in [-0.2, -0.15) is 5.10 Å². The van der Waals surface area contributed by atoms with Gasteiger partial charge in [0, 0.05) is 11.4 Å². The Morgan fingerprint density at radius 2 is 2.21 bits per heavy atom. The maximum Gasteiger partial charge on any atom is 0.222 e. The Morgan fingerprint density at radius 3 is 2.79 bits per heavy atom. The zero-order chi connectivity index (χ0) is 14.0. The minimum Gasteiger partial charge on any atom is -0.308 e. The van der Waals surface area contributed by atoms with Gasteiger partial charge in [-0.05, 0) is 33.2 Å². The quantitative estimate of drug-likeness (QED) is 0.797. The summed E-state index contributed by atoms with van der Waals surface area (Å²) in [6.07, 6.45) is 1.53. The molecule has 0 bridgehead atoms. The molecule has 2 aromatic heterocycles. The van der Waals surface area contributed by atoms with Gasteiger partial charge in [-0.25, -0.2) is 0 Å². The minimum absolute atomic E-state index is 0.0562. The number of hydrogen-bond acceptors (Lipinski definition) is 4. The summed E-state index contributed by atoms with van der Waals surface area (Å²) in [5, 5.41) is 4.59. The highest BCUT2D eigenvalue weighted by Crippen LogP contribution is 2.23. The molecule has 6 heteroatoms. The SMILES string of the molecule is Cc1ccc(C(=O)c2c(Cl)cnn2CCN(C)C)s1. The van der Waals surface area contributed by atoms with Crippen molar-refractivity contribution in [1.82, 2.24) is 14.7 Å². The molecule has 4 nitrogen and oxygen atoms in total. The highest BCUT2D eigenvalue weighted by Gasteiger charge is 2.20. The molecule has 0 unspecified atom stereocenters. The lowest BCUT2D eigenvalue weighted by atomic mass is 10.2. The molecule has 0 N–H and O–H groups in total. The molecule has 0 fully saturated rings. The minimum atomic E-state index is -0.0562. The standard InChI is InChI=1S/C13H16ClN3OS/c1-9-4-5-11(19-9)13(18)12-10(14)8-15-17(12)7-6-16(2)3/h4-5,8H,6-7H2,1-3H3. The first-order valence-electron chi connectivity index (χ1n) is 5.96. The Balaban J connectivity index is 2.28. The van der Waals surface area contributed by atoms with Crippen molar-refractivity contribution < 1.29 is 4.79 Å². The third kappa shape index (κ3) is 3.23. The molecule has 0 aromatic carbocycles. The fraction of sp³-hybridized carbons (Fsp3) is 0.385. The van der Waals surface area contributed by atoms with E-state index in [0.29, 0.717) is 22.1 Å². The zero-order valence-electron chi connectivity index (χ0n) is 11.2. The van der Waals surface area contributed by atoms with Crippen molar-refractivity contribution in [1.29, 1.82) is 0 Å². The van der Waals surface area contributed by atoms with E-state index in [-0.39, 0.29) is 5.78 Å². The van der Waals surface area contributed by atoms with Gasteiger partial charge in [-0.3, -0.25) is 9.48 Å². The molecule has 0 spiro atoms. The first-order chi connectivity index (χ1) is 8.99. The second-order valence-corrected chi connectivity index (χ2v) is 6.30. The van der Waals surface area contributed by atoms with Crippen LogP contribution in [0.3, 0.4) is 0 Å². The Morgan fingerprint density at radius 1 is 1.47 bits per heavy atom.